The van der Waals surface area contributed by atoms with Crippen molar-refractivity contribution in [1.29, 1.82) is 0 Å². The fourth-order valence-electron chi connectivity index (χ4n) is 2.92. The summed E-state index contributed by atoms with van der Waals surface area (Å²) in [6, 6.07) is 13.8. The van der Waals surface area contributed by atoms with Gasteiger partial charge in [-0.1, -0.05) is 35.1 Å². The predicted octanol–water partition coefficient (Wildman–Crippen LogP) is 4.43. The second kappa shape index (κ2) is 8.48. The van der Waals surface area contributed by atoms with Crippen LogP contribution in [0.2, 0.25) is 0 Å². The Balaban J connectivity index is 1.28. The molecule has 1 amide bonds. The number of aromatic nitrogens is 4. The summed E-state index contributed by atoms with van der Waals surface area (Å²) in [6.45, 7) is 4.04. The zero-order valence-corrected chi connectivity index (χ0v) is 17.0. The third-order valence-corrected chi connectivity index (χ3v) is 5.20. The highest BCUT2D eigenvalue weighted by atomic mass is 32.2. The molecule has 2 aromatic heterocycles. The molecule has 4 rings (SSSR count). The van der Waals surface area contributed by atoms with Gasteiger partial charge in [-0.3, -0.25) is 4.79 Å². The van der Waals surface area contributed by atoms with Crippen molar-refractivity contribution >= 4 is 34.4 Å². The zero-order valence-electron chi connectivity index (χ0n) is 16.2. The van der Waals surface area contributed by atoms with E-state index in [1.54, 1.807) is 0 Å². The maximum absolute atomic E-state index is 12.1. The molecule has 0 unspecified atom stereocenters. The molecule has 0 fully saturated rings. The van der Waals surface area contributed by atoms with E-state index < -0.39 is 0 Å². The highest BCUT2D eigenvalue weighted by Gasteiger charge is 2.11. The lowest BCUT2D eigenvalue weighted by atomic mass is 10.2. The third-order valence-electron chi connectivity index (χ3n) is 4.33. The Morgan fingerprint density at radius 2 is 2.00 bits per heavy atom. The number of amides is 1. The largest absolute Gasteiger partial charge is 0.339 e. The van der Waals surface area contributed by atoms with Gasteiger partial charge in [0.25, 0.3) is 0 Å². The van der Waals surface area contributed by atoms with Gasteiger partial charge in [0.05, 0.1) is 16.8 Å². The van der Waals surface area contributed by atoms with Gasteiger partial charge in [-0.25, -0.2) is 4.98 Å². The topological polar surface area (TPSA) is 96.7 Å². The average Bonchev–Trinajstić information content (AvgIpc) is 3.30. The summed E-state index contributed by atoms with van der Waals surface area (Å²) in [6.07, 6.45) is 0.685. The number of carbonyl (C=O) groups excluding carboxylic acids is 1. The Morgan fingerprint density at radius 3 is 2.86 bits per heavy atom. The fraction of sp³-hybridized carbons (Fsp3) is 0.238. The Labute approximate surface area is 172 Å². The van der Waals surface area contributed by atoms with Gasteiger partial charge in [0, 0.05) is 18.5 Å². The second-order valence-corrected chi connectivity index (χ2v) is 7.84. The standard InChI is InChI=1S/C21H21N5O2S/c1-13-4-3-5-15(10-13)22-19(27)8-9-20-25-18(26-28-20)12-29-21-23-16-7-6-14(2)11-17(16)24-21/h3-7,10-11H,8-9,12H2,1-2H3,(H,22,27)(H,23,24). The molecule has 2 N–H and O–H groups in total. The van der Waals surface area contributed by atoms with Crippen LogP contribution < -0.4 is 5.32 Å². The van der Waals surface area contributed by atoms with Crippen LogP contribution >= 0.6 is 11.8 Å². The summed E-state index contributed by atoms with van der Waals surface area (Å²) >= 11 is 1.52. The lowest BCUT2D eigenvalue weighted by Crippen LogP contribution is -2.12. The number of hydrogen-bond acceptors (Lipinski definition) is 6. The predicted molar refractivity (Wildman–Crippen MR) is 113 cm³/mol. The molecule has 0 bridgehead atoms. The van der Waals surface area contributed by atoms with Crippen LogP contribution in [-0.4, -0.2) is 26.0 Å². The van der Waals surface area contributed by atoms with Crippen molar-refractivity contribution in [3.05, 3.63) is 65.3 Å². The third kappa shape index (κ3) is 5.03. The van der Waals surface area contributed by atoms with E-state index in [0.717, 1.165) is 27.4 Å². The number of carbonyl (C=O) groups is 1. The summed E-state index contributed by atoms with van der Waals surface area (Å²) in [5.41, 5.74) is 5.03. The van der Waals surface area contributed by atoms with Crippen LogP contribution in [0.1, 0.15) is 29.3 Å². The number of nitrogens with zero attached hydrogens (tertiary/aromatic N) is 3. The van der Waals surface area contributed by atoms with E-state index >= 15 is 0 Å². The molecule has 0 radical (unpaired) electrons. The molecule has 148 valence electrons. The molecule has 0 saturated heterocycles. The van der Waals surface area contributed by atoms with Gasteiger partial charge < -0.3 is 14.8 Å². The minimum absolute atomic E-state index is 0.0812. The number of aromatic amines is 1. The lowest BCUT2D eigenvalue weighted by molar-refractivity contribution is -0.116. The van der Waals surface area contributed by atoms with Crippen molar-refractivity contribution in [3.63, 3.8) is 0 Å². The monoisotopic (exact) mass is 407 g/mol. The maximum atomic E-state index is 12.1. The van der Waals surface area contributed by atoms with Gasteiger partial charge in [0.1, 0.15) is 0 Å². The van der Waals surface area contributed by atoms with Crippen molar-refractivity contribution in [2.75, 3.05) is 5.32 Å². The molecule has 2 aromatic carbocycles. The maximum Gasteiger partial charge on any atom is 0.227 e. The first kappa shape index (κ1) is 19.2. The number of H-pyrrole nitrogens is 1. The number of anilines is 1. The number of hydrogen-bond donors (Lipinski definition) is 2. The lowest BCUT2D eigenvalue weighted by Gasteiger charge is -2.04. The number of fused-ring (bicyclic) bond motifs is 1. The van der Waals surface area contributed by atoms with Crippen molar-refractivity contribution < 1.29 is 9.32 Å². The van der Waals surface area contributed by atoms with Crippen LogP contribution in [0.3, 0.4) is 0 Å². The van der Waals surface area contributed by atoms with Crippen LogP contribution in [0.5, 0.6) is 0 Å². The highest BCUT2D eigenvalue weighted by Crippen LogP contribution is 2.23. The van der Waals surface area contributed by atoms with Gasteiger partial charge in [-0.2, -0.15) is 4.98 Å². The fourth-order valence-corrected chi connectivity index (χ4v) is 3.65. The Kier molecular flexibility index (Phi) is 5.62. The number of imidazole rings is 1. The Bertz CT molecular complexity index is 1150. The Hall–Kier alpha value is -3.13. The Morgan fingerprint density at radius 1 is 1.14 bits per heavy atom. The van der Waals surface area contributed by atoms with Crippen LogP contribution in [0.15, 0.2) is 52.1 Å². The van der Waals surface area contributed by atoms with Crippen LogP contribution in [0.4, 0.5) is 5.69 Å². The van der Waals surface area contributed by atoms with Gasteiger partial charge >= 0.3 is 0 Å². The summed E-state index contributed by atoms with van der Waals surface area (Å²) < 4.78 is 5.26. The van der Waals surface area contributed by atoms with Crippen molar-refractivity contribution in [2.45, 2.75) is 37.6 Å². The van der Waals surface area contributed by atoms with E-state index in [0.29, 0.717) is 23.9 Å². The smallest absolute Gasteiger partial charge is 0.227 e. The van der Waals surface area contributed by atoms with E-state index in [2.05, 4.69) is 38.4 Å². The van der Waals surface area contributed by atoms with Gasteiger partial charge in [-0.15, -0.1) is 0 Å². The molecule has 0 saturated carbocycles. The number of benzene rings is 2. The van der Waals surface area contributed by atoms with Crippen molar-refractivity contribution in [2.24, 2.45) is 0 Å². The first-order chi connectivity index (χ1) is 14.0. The molecule has 29 heavy (non-hydrogen) atoms. The van der Waals surface area contributed by atoms with E-state index in [9.17, 15) is 4.79 Å². The van der Waals surface area contributed by atoms with Crippen molar-refractivity contribution in [3.8, 4) is 0 Å². The summed E-state index contributed by atoms with van der Waals surface area (Å²) in [5, 5.41) is 7.68. The normalized spacial score (nSPS) is 11.1. The molecule has 0 spiro atoms. The molecular weight excluding hydrogens is 386 g/mol. The van der Waals surface area contributed by atoms with Crippen LogP contribution in [-0.2, 0) is 17.0 Å². The van der Waals surface area contributed by atoms with Gasteiger partial charge in [0.15, 0.2) is 11.0 Å². The van der Waals surface area contributed by atoms with E-state index in [-0.39, 0.29) is 12.3 Å². The SMILES string of the molecule is Cc1cccc(NC(=O)CCc2nc(CSc3nc4ccc(C)cc4[nH]3)no2)c1. The van der Waals surface area contributed by atoms with E-state index in [1.165, 1.54) is 17.3 Å². The number of rotatable bonds is 7. The molecule has 8 heteroatoms. The van der Waals surface area contributed by atoms with Crippen molar-refractivity contribution in [1.82, 2.24) is 20.1 Å². The molecule has 7 nitrogen and oxygen atoms in total. The highest BCUT2D eigenvalue weighted by molar-refractivity contribution is 7.98. The van der Waals surface area contributed by atoms with Crippen LogP contribution in [0.25, 0.3) is 11.0 Å². The van der Waals surface area contributed by atoms with E-state index in [4.69, 9.17) is 4.52 Å². The minimum atomic E-state index is -0.0812. The first-order valence-electron chi connectivity index (χ1n) is 9.32. The molecule has 0 aliphatic carbocycles. The molecule has 4 aromatic rings. The molecule has 0 aliphatic rings. The molecule has 2 heterocycles. The summed E-state index contributed by atoms with van der Waals surface area (Å²) in [5.74, 6) is 1.50. The second-order valence-electron chi connectivity index (χ2n) is 6.87. The first-order valence-corrected chi connectivity index (χ1v) is 10.3. The van der Waals surface area contributed by atoms with Crippen LogP contribution in [0, 0.1) is 13.8 Å². The number of thioether (sulfide) groups is 1. The average molecular weight is 407 g/mol. The van der Waals surface area contributed by atoms with Gasteiger partial charge in [0.2, 0.25) is 11.8 Å². The van der Waals surface area contributed by atoms with E-state index in [1.807, 2.05) is 43.3 Å². The minimum Gasteiger partial charge on any atom is -0.339 e. The molecule has 0 aliphatic heterocycles. The summed E-state index contributed by atoms with van der Waals surface area (Å²) in [7, 11) is 0. The van der Waals surface area contributed by atoms with Gasteiger partial charge in [-0.05, 0) is 49.2 Å². The number of aryl methyl sites for hydroxylation is 3. The number of nitrogens with one attached hydrogen (secondary N) is 2. The quantitative estimate of drug-likeness (QED) is 0.440. The zero-order chi connectivity index (χ0) is 20.2. The molecule has 0 atom stereocenters. The molecular formula is C21H21N5O2S. The summed E-state index contributed by atoms with van der Waals surface area (Å²) in [4.78, 5) is 24.3.